The van der Waals surface area contributed by atoms with Crippen LogP contribution in [-0.4, -0.2) is 23.9 Å². The quantitative estimate of drug-likeness (QED) is 0.919. The molecule has 5 nitrogen and oxygen atoms in total. The molecule has 0 aliphatic rings. The molecule has 0 aliphatic carbocycles. The predicted octanol–water partition coefficient (Wildman–Crippen LogP) is 1.58. The van der Waals surface area contributed by atoms with Gasteiger partial charge in [-0.15, -0.1) is 0 Å². The van der Waals surface area contributed by atoms with Crippen LogP contribution in [0.1, 0.15) is 17.0 Å². The molecule has 0 amide bonds. The van der Waals surface area contributed by atoms with Gasteiger partial charge in [0.15, 0.2) is 0 Å². The molecule has 2 rings (SSSR count). The Morgan fingerprint density at radius 1 is 1.30 bits per heavy atom. The summed E-state index contributed by atoms with van der Waals surface area (Å²) in [6.45, 7) is 4.31. The van der Waals surface area contributed by atoms with E-state index in [1.165, 1.54) is 0 Å². The summed E-state index contributed by atoms with van der Waals surface area (Å²) in [5.41, 5.74) is 3.15. The van der Waals surface area contributed by atoms with Crippen molar-refractivity contribution in [1.29, 1.82) is 0 Å². The van der Waals surface area contributed by atoms with Gasteiger partial charge in [-0.25, -0.2) is 4.68 Å². The van der Waals surface area contributed by atoms with Crippen molar-refractivity contribution in [2.24, 2.45) is 0 Å². The van der Waals surface area contributed by atoms with Crippen LogP contribution in [0.5, 0.6) is 5.75 Å². The van der Waals surface area contributed by atoms with E-state index in [1.54, 1.807) is 24.9 Å². The molecule has 1 heterocycles. The van der Waals surface area contributed by atoms with Gasteiger partial charge in [0.2, 0.25) is 5.43 Å². The van der Waals surface area contributed by atoms with E-state index in [1.807, 2.05) is 32.0 Å². The van der Waals surface area contributed by atoms with Gasteiger partial charge in [-0.3, -0.25) is 4.79 Å². The molecular formula is C15H19N3O2. The largest absolute Gasteiger partial charge is 0.494 e. The Morgan fingerprint density at radius 2 is 2.05 bits per heavy atom. The first kappa shape index (κ1) is 14.3. The number of hydrogen-bond donors (Lipinski definition) is 1. The predicted molar refractivity (Wildman–Crippen MR) is 78.6 cm³/mol. The van der Waals surface area contributed by atoms with E-state index >= 15 is 0 Å². The van der Waals surface area contributed by atoms with Crippen molar-refractivity contribution in [3.8, 4) is 11.4 Å². The second kappa shape index (κ2) is 5.88. The minimum absolute atomic E-state index is 0.0558. The van der Waals surface area contributed by atoms with Crippen LogP contribution < -0.4 is 15.5 Å². The van der Waals surface area contributed by atoms with Crippen molar-refractivity contribution in [1.82, 2.24) is 15.1 Å². The van der Waals surface area contributed by atoms with Gasteiger partial charge in [0.25, 0.3) is 0 Å². The second-order valence-electron chi connectivity index (χ2n) is 4.71. The number of aryl methyl sites for hydroxylation is 2. The van der Waals surface area contributed by atoms with Gasteiger partial charge in [0.05, 0.1) is 7.11 Å². The Hall–Kier alpha value is -2.14. The highest BCUT2D eigenvalue weighted by molar-refractivity contribution is 5.49. The molecule has 0 unspecified atom stereocenters. The molecule has 0 radical (unpaired) electrons. The van der Waals surface area contributed by atoms with E-state index in [4.69, 9.17) is 4.74 Å². The lowest BCUT2D eigenvalue weighted by Crippen LogP contribution is -2.23. The Morgan fingerprint density at radius 3 is 2.70 bits per heavy atom. The van der Waals surface area contributed by atoms with Crippen molar-refractivity contribution < 1.29 is 4.74 Å². The average molecular weight is 273 g/mol. The second-order valence-corrected chi connectivity index (χ2v) is 4.71. The van der Waals surface area contributed by atoms with Gasteiger partial charge in [-0.05, 0) is 38.6 Å². The smallest absolute Gasteiger partial charge is 0.204 e. The summed E-state index contributed by atoms with van der Waals surface area (Å²) in [5, 5.41) is 7.40. The summed E-state index contributed by atoms with van der Waals surface area (Å²) in [6, 6.07) is 7.48. The Balaban J connectivity index is 2.65. The summed E-state index contributed by atoms with van der Waals surface area (Å²) in [4.78, 5) is 11.9. The fraction of sp³-hybridized carbons (Fsp3) is 0.333. The summed E-state index contributed by atoms with van der Waals surface area (Å²) in [5.74, 6) is 0.727. The molecular weight excluding hydrogens is 254 g/mol. The van der Waals surface area contributed by atoms with Crippen LogP contribution in [0.2, 0.25) is 0 Å². The lowest BCUT2D eigenvalue weighted by Gasteiger charge is -2.15. The van der Waals surface area contributed by atoms with Crippen molar-refractivity contribution in [2.75, 3.05) is 14.2 Å². The third kappa shape index (κ3) is 2.72. The number of methoxy groups -OCH3 is 1. The molecule has 1 aromatic heterocycles. The standard InChI is InChI=1S/C15H19N3O2/c1-10-5-6-15(20-4)13(7-10)18-11(2)8-14(19)12(17-18)9-16-3/h5-8,16H,9H2,1-4H3. The normalized spacial score (nSPS) is 10.6. The highest BCUT2D eigenvalue weighted by Gasteiger charge is 2.11. The molecule has 106 valence electrons. The zero-order chi connectivity index (χ0) is 14.7. The molecule has 0 spiro atoms. The fourth-order valence-corrected chi connectivity index (χ4v) is 2.08. The van der Waals surface area contributed by atoms with E-state index in [0.29, 0.717) is 12.2 Å². The molecule has 1 N–H and O–H groups in total. The summed E-state index contributed by atoms with van der Waals surface area (Å²) in [7, 11) is 3.42. The van der Waals surface area contributed by atoms with Gasteiger partial charge in [0.1, 0.15) is 17.1 Å². The number of nitrogens with zero attached hydrogens (tertiary/aromatic N) is 2. The zero-order valence-electron chi connectivity index (χ0n) is 12.2. The number of ether oxygens (including phenoxy) is 1. The maximum absolute atomic E-state index is 11.9. The number of benzene rings is 1. The minimum atomic E-state index is -0.0558. The van der Waals surface area contributed by atoms with Crippen LogP contribution in [-0.2, 0) is 6.54 Å². The lowest BCUT2D eigenvalue weighted by molar-refractivity contribution is 0.411. The van der Waals surface area contributed by atoms with Crippen LogP contribution in [0.4, 0.5) is 0 Å². The molecule has 0 aliphatic heterocycles. The van der Waals surface area contributed by atoms with Gasteiger partial charge in [0, 0.05) is 18.3 Å². The van der Waals surface area contributed by atoms with E-state index in [9.17, 15) is 4.79 Å². The average Bonchev–Trinajstić information content (AvgIpc) is 2.42. The Kier molecular flexibility index (Phi) is 4.20. The molecule has 20 heavy (non-hydrogen) atoms. The monoisotopic (exact) mass is 273 g/mol. The number of aromatic nitrogens is 2. The van der Waals surface area contributed by atoms with Gasteiger partial charge < -0.3 is 10.1 Å². The molecule has 0 bridgehead atoms. The summed E-state index contributed by atoms with van der Waals surface area (Å²) < 4.78 is 7.14. The topological polar surface area (TPSA) is 56.1 Å². The molecule has 0 fully saturated rings. The molecule has 0 saturated carbocycles. The van der Waals surface area contributed by atoms with Crippen molar-refractivity contribution in [3.63, 3.8) is 0 Å². The third-order valence-electron chi connectivity index (χ3n) is 3.09. The Bertz CT molecular complexity index is 677. The van der Waals surface area contributed by atoms with E-state index in [2.05, 4.69) is 10.4 Å². The Labute approximate surface area is 118 Å². The minimum Gasteiger partial charge on any atom is -0.494 e. The fourth-order valence-electron chi connectivity index (χ4n) is 2.08. The molecule has 0 saturated heterocycles. The number of nitrogens with one attached hydrogen (secondary N) is 1. The van der Waals surface area contributed by atoms with Crippen LogP contribution in [0.15, 0.2) is 29.1 Å². The highest BCUT2D eigenvalue weighted by Crippen LogP contribution is 2.23. The van der Waals surface area contributed by atoms with Gasteiger partial charge in [-0.1, -0.05) is 6.07 Å². The first-order valence-corrected chi connectivity index (χ1v) is 6.46. The summed E-state index contributed by atoms with van der Waals surface area (Å²) in [6.07, 6.45) is 0. The lowest BCUT2D eigenvalue weighted by atomic mass is 10.2. The van der Waals surface area contributed by atoms with Gasteiger partial charge in [-0.2, -0.15) is 5.10 Å². The number of rotatable bonds is 4. The summed E-state index contributed by atoms with van der Waals surface area (Å²) >= 11 is 0. The molecule has 1 aromatic carbocycles. The van der Waals surface area contributed by atoms with E-state index < -0.39 is 0 Å². The maximum atomic E-state index is 11.9. The van der Waals surface area contributed by atoms with Crippen LogP contribution in [0.25, 0.3) is 5.69 Å². The van der Waals surface area contributed by atoms with Gasteiger partial charge >= 0.3 is 0 Å². The van der Waals surface area contributed by atoms with Crippen molar-refractivity contribution in [3.05, 3.63) is 51.4 Å². The van der Waals surface area contributed by atoms with E-state index in [0.717, 1.165) is 22.7 Å². The SMILES string of the molecule is CNCc1nn(-c2cc(C)ccc2OC)c(C)cc1=O. The zero-order valence-corrected chi connectivity index (χ0v) is 12.2. The van der Waals surface area contributed by atoms with Crippen LogP contribution in [0, 0.1) is 13.8 Å². The van der Waals surface area contributed by atoms with Crippen molar-refractivity contribution >= 4 is 0 Å². The highest BCUT2D eigenvalue weighted by atomic mass is 16.5. The maximum Gasteiger partial charge on any atom is 0.204 e. The van der Waals surface area contributed by atoms with Crippen LogP contribution in [0.3, 0.4) is 0 Å². The first-order valence-electron chi connectivity index (χ1n) is 6.46. The van der Waals surface area contributed by atoms with E-state index in [-0.39, 0.29) is 5.43 Å². The molecule has 2 aromatic rings. The van der Waals surface area contributed by atoms with Crippen molar-refractivity contribution in [2.45, 2.75) is 20.4 Å². The first-order chi connectivity index (χ1) is 9.56. The molecule has 0 atom stereocenters. The van der Waals surface area contributed by atoms with Crippen LogP contribution >= 0.6 is 0 Å². The third-order valence-corrected chi connectivity index (χ3v) is 3.09. The number of hydrogen-bond acceptors (Lipinski definition) is 4. The molecule has 5 heteroatoms.